The lowest BCUT2D eigenvalue weighted by atomic mass is 10.1. The highest BCUT2D eigenvalue weighted by Gasteiger charge is 2.32. The molecule has 3 aromatic rings. The van der Waals surface area contributed by atoms with Crippen LogP contribution in [-0.2, 0) is 11.2 Å². The van der Waals surface area contributed by atoms with Crippen molar-refractivity contribution >= 4 is 17.6 Å². The first-order valence-corrected chi connectivity index (χ1v) is 9.61. The Kier molecular flexibility index (Phi) is 5.52. The molecule has 31 heavy (non-hydrogen) atoms. The Hall–Kier alpha value is -3.95. The van der Waals surface area contributed by atoms with E-state index in [4.69, 9.17) is 4.74 Å². The number of anilines is 1. The van der Waals surface area contributed by atoms with Crippen molar-refractivity contribution in [2.75, 3.05) is 18.6 Å². The van der Waals surface area contributed by atoms with Crippen molar-refractivity contribution in [3.63, 3.8) is 0 Å². The molecule has 10 heteroatoms. The number of amides is 2. The first-order valence-electron chi connectivity index (χ1n) is 9.61. The SMILES string of the molecule is CCc1cnc(C(=O)N[C@H]2COc3cccnc3N(C)C2=O)nc1-c1cncc(F)c1. The summed E-state index contributed by atoms with van der Waals surface area (Å²) in [5, 5.41) is 2.62. The second-order valence-corrected chi connectivity index (χ2v) is 6.87. The lowest BCUT2D eigenvalue weighted by Crippen LogP contribution is -2.49. The van der Waals surface area contributed by atoms with Crippen LogP contribution >= 0.6 is 0 Å². The third-order valence-electron chi connectivity index (χ3n) is 4.83. The van der Waals surface area contributed by atoms with Gasteiger partial charge in [0.15, 0.2) is 11.6 Å². The van der Waals surface area contributed by atoms with Gasteiger partial charge in [-0.2, -0.15) is 0 Å². The lowest BCUT2D eigenvalue weighted by molar-refractivity contribution is -0.120. The van der Waals surface area contributed by atoms with Gasteiger partial charge in [-0.3, -0.25) is 19.5 Å². The second kappa shape index (κ2) is 8.42. The summed E-state index contributed by atoms with van der Waals surface area (Å²) in [5.74, 6) is -0.880. The van der Waals surface area contributed by atoms with Gasteiger partial charge in [-0.1, -0.05) is 6.92 Å². The number of fused-ring (bicyclic) bond motifs is 1. The number of pyridine rings is 2. The predicted molar refractivity (Wildman–Crippen MR) is 109 cm³/mol. The number of hydrogen-bond acceptors (Lipinski definition) is 7. The van der Waals surface area contributed by atoms with Gasteiger partial charge < -0.3 is 10.1 Å². The van der Waals surface area contributed by atoms with E-state index in [0.717, 1.165) is 11.8 Å². The largest absolute Gasteiger partial charge is 0.487 e. The molecule has 0 aliphatic carbocycles. The van der Waals surface area contributed by atoms with Crippen LogP contribution in [0.2, 0.25) is 0 Å². The van der Waals surface area contributed by atoms with Crippen molar-refractivity contribution < 1.29 is 18.7 Å². The van der Waals surface area contributed by atoms with E-state index in [1.165, 1.54) is 23.4 Å². The van der Waals surface area contributed by atoms with Gasteiger partial charge in [-0.15, -0.1) is 0 Å². The zero-order valence-electron chi connectivity index (χ0n) is 16.9. The number of aryl methyl sites for hydroxylation is 1. The van der Waals surface area contributed by atoms with Crippen molar-refractivity contribution in [3.8, 4) is 17.0 Å². The number of aromatic nitrogens is 4. The number of ether oxygens (including phenoxy) is 1. The number of carbonyl (C=O) groups excluding carboxylic acids is 2. The van der Waals surface area contributed by atoms with Gasteiger partial charge in [0, 0.05) is 31.2 Å². The zero-order chi connectivity index (χ0) is 22.0. The Morgan fingerprint density at radius 1 is 1.32 bits per heavy atom. The Bertz CT molecular complexity index is 1160. The number of carbonyl (C=O) groups is 2. The van der Waals surface area contributed by atoms with E-state index < -0.39 is 17.8 Å². The molecule has 4 heterocycles. The molecule has 0 saturated heterocycles. The third kappa shape index (κ3) is 4.04. The minimum absolute atomic E-state index is 0.0681. The summed E-state index contributed by atoms with van der Waals surface area (Å²) in [6.45, 7) is 1.83. The number of nitrogens with zero attached hydrogens (tertiary/aromatic N) is 5. The van der Waals surface area contributed by atoms with Crippen LogP contribution in [0.25, 0.3) is 11.3 Å². The van der Waals surface area contributed by atoms with Crippen LogP contribution in [-0.4, -0.2) is 51.4 Å². The molecule has 3 aromatic heterocycles. The minimum Gasteiger partial charge on any atom is -0.487 e. The fourth-order valence-corrected chi connectivity index (χ4v) is 3.22. The highest BCUT2D eigenvalue weighted by Crippen LogP contribution is 2.27. The summed E-state index contributed by atoms with van der Waals surface area (Å²) < 4.78 is 19.3. The molecule has 2 amide bonds. The highest BCUT2D eigenvalue weighted by molar-refractivity contribution is 6.01. The maximum atomic E-state index is 13.6. The fourth-order valence-electron chi connectivity index (χ4n) is 3.22. The Labute approximate surface area is 177 Å². The maximum Gasteiger partial charge on any atom is 0.289 e. The quantitative estimate of drug-likeness (QED) is 0.682. The van der Waals surface area contributed by atoms with E-state index in [9.17, 15) is 14.0 Å². The zero-order valence-corrected chi connectivity index (χ0v) is 16.9. The summed E-state index contributed by atoms with van der Waals surface area (Å²) in [6.07, 6.45) is 6.20. The van der Waals surface area contributed by atoms with Crippen molar-refractivity contribution in [3.05, 3.63) is 60.2 Å². The fraction of sp³-hybridized carbons (Fsp3) is 0.238. The van der Waals surface area contributed by atoms with Crippen LogP contribution in [0.3, 0.4) is 0 Å². The van der Waals surface area contributed by atoms with Gasteiger partial charge in [0.2, 0.25) is 5.82 Å². The molecule has 1 atom stereocenters. The Morgan fingerprint density at radius 3 is 2.94 bits per heavy atom. The molecule has 0 saturated carbocycles. The number of likely N-dealkylation sites (N-methyl/N-ethyl adjacent to an activating group) is 1. The average Bonchev–Trinajstić information content (AvgIpc) is 2.91. The van der Waals surface area contributed by atoms with Crippen LogP contribution in [0, 0.1) is 5.82 Å². The Balaban J connectivity index is 1.59. The molecule has 0 unspecified atom stereocenters. The molecule has 158 valence electrons. The highest BCUT2D eigenvalue weighted by atomic mass is 19.1. The van der Waals surface area contributed by atoms with E-state index in [2.05, 4.69) is 25.3 Å². The van der Waals surface area contributed by atoms with Gasteiger partial charge in [0.05, 0.1) is 11.9 Å². The average molecular weight is 422 g/mol. The molecular formula is C21H19FN6O3. The van der Waals surface area contributed by atoms with Crippen LogP contribution in [0.4, 0.5) is 10.2 Å². The molecule has 0 spiro atoms. The van der Waals surface area contributed by atoms with E-state index in [-0.39, 0.29) is 18.3 Å². The topological polar surface area (TPSA) is 110 Å². The number of hydrogen-bond donors (Lipinski definition) is 1. The number of halogens is 1. The van der Waals surface area contributed by atoms with Gasteiger partial charge in [-0.05, 0) is 30.2 Å². The van der Waals surface area contributed by atoms with Crippen molar-refractivity contribution in [1.82, 2.24) is 25.3 Å². The van der Waals surface area contributed by atoms with Crippen LogP contribution in [0.5, 0.6) is 5.75 Å². The normalized spacial score (nSPS) is 15.6. The molecule has 0 aromatic carbocycles. The molecule has 9 nitrogen and oxygen atoms in total. The molecule has 0 radical (unpaired) electrons. The lowest BCUT2D eigenvalue weighted by Gasteiger charge is -2.19. The van der Waals surface area contributed by atoms with E-state index in [1.54, 1.807) is 25.4 Å². The van der Waals surface area contributed by atoms with Gasteiger partial charge in [0.25, 0.3) is 11.8 Å². The molecular weight excluding hydrogens is 403 g/mol. The predicted octanol–water partition coefficient (Wildman–Crippen LogP) is 1.79. The van der Waals surface area contributed by atoms with E-state index in [0.29, 0.717) is 29.2 Å². The summed E-state index contributed by atoms with van der Waals surface area (Å²) in [4.78, 5) is 43.4. The van der Waals surface area contributed by atoms with Crippen LogP contribution in [0.1, 0.15) is 23.1 Å². The summed E-state index contributed by atoms with van der Waals surface area (Å²) in [5.41, 5.74) is 1.58. The molecule has 4 rings (SSSR count). The monoisotopic (exact) mass is 422 g/mol. The van der Waals surface area contributed by atoms with Gasteiger partial charge in [0.1, 0.15) is 18.5 Å². The Morgan fingerprint density at radius 2 is 2.16 bits per heavy atom. The van der Waals surface area contributed by atoms with Crippen molar-refractivity contribution in [2.24, 2.45) is 0 Å². The third-order valence-corrected chi connectivity index (χ3v) is 4.83. The van der Waals surface area contributed by atoms with Crippen molar-refractivity contribution in [1.29, 1.82) is 0 Å². The first-order chi connectivity index (χ1) is 15.0. The maximum absolute atomic E-state index is 13.6. The number of rotatable bonds is 4. The summed E-state index contributed by atoms with van der Waals surface area (Å²) in [6, 6.07) is 3.72. The molecule has 0 bridgehead atoms. The summed E-state index contributed by atoms with van der Waals surface area (Å²) >= 11 is 0. The summed E-state index contributed by atoms with van der Waals surface area (Å²) in [7, 11) is 1.56. The van der Waals surface area contributed by atoms with Crippen molar-refractivity contribution in [2.45, 2.75) is 19.4 Å². The van der Waals surface area contributed by atoms with E-state index >= 15 is 0 Å². The number of nitrogens with one attached hydrogen (secondary N) is 1. The van der Waals surface area contributed by atoms with Crippen LogP contribution < -0.4 is 15.0 Å². The molecule has 1 N–H and O–H groups in total. The van der Waals surface area contributed by atoms with Gasteiger partial charge >= 0.3 is 0 Å². The standard InChI is InChI=1S/C21H19FN6O3/c1-3-12-9-25-18(27-17(12)13-7-14(22)10-23-8-13)20(29)26-15-11-31-16-5-4-6-24-19(16)28(2)21(15)30/h4-10,15H,3,11H2,1-2H3,(H,26,29)/t15-/m0/s1. The molecule has 1 aliphatic heterocycles. The smallest absolute Gasteiger partial charge is 0.289 e. The molecule has 0 fully saturated rings. The minimum atomic E-state index is -0.958. The first kappa shape index (κ1) is 20.3. The molecule has 1 aliphatic rings. The second-order valence-electron chi connectivity index (χ2n) is 6.87. The van der Waals surface area contributed by atoms with Gasteiger partial charge in [-0.25, -0.2) is 19.3 Å². The van der Waals surface area contributed by atoms with E-state index in [1.807, 2.05) is 6.92 Å². The van der Waals surface area contributed by atoms with Crippen LogP contribution in [0.15, 0.2) is 43.0 Å².